The molecule has 0 N–H and O–H groups in total. The van der Waals surface area contributed by atoms with Crippen LogP contribution in [-0.2, 0) is 6.42 Å². The normalized spacial score (nSPS) is 9.65. The number of aromatic nitrogens is 2. The summed E-state index contributed by atoms with van der Waals surface area (Å²) in [6.45, 7) is 0. The fourth-order valence-corrected chi connectivity index (χ4v) is 1.55. The first kappa shape index (κ1) is 11.4. The topological polar surface area (TPSA) is 58.8 Å². The predicted molar refractivity (Wildman–Crippen MR) is 62.9 cm³/mol. The Morgan fingerprint density at radius 1 is 1.24 bits per heavy atom. The van der Waals surface area contributed by atoms with Crippen LogP contribution in [0.5, 0.6) is 11.8 Å². The number of hydrogen-bond acceptors (Lipinski definition) is 4. The molecule has 0 radical (unpaired) electrons. The van der Waals surface area contributed by atoms with E-state index < -0.39 is 0 Å². The van der Waals surface area contributed by atoms with Gasteiger partial charge in [-0.2, -0.15) is 5.26 Å². The zero-order valence-corrected chi connectivity index (χ0v) is 9.55. The van der Waals surface area contributed by atoms with Crippen LogP contribution in [0.4, 0.5) is 0 Å². The molecule has 17 heavy (non-hydrogen) atoms. The Morgan fingerprint density at radius 2 is 2.00 bits per heavy atom. The molecule has 0 aliphatic heterocycles. The first-order chi connectivity index (χ1) is 8.31. The summed E-state index contributed by atoms with van der Waals surface area (Å²) in [5.74, 6) is 0.505. The highest BCUT2D eigenvalue weighted by atomic mass is 35.5. The van der Waals surface area contributed by atoms with Crippen LogP contribution in [0.3, 0.4) is 0 Å². The number of rotatable bonds is 3. The molecule has 2 aromatic rings. The van der Waals surface area contributed by atoms with Gasteiger partial charge in [0, 0.05) is 23.0 Å². The van der Waals surface area contributed by atoms with Crippen LogP contribution in [0.15, 0.2) is 36.7 Å². The smallest absolute Gasteiger partial charge is 0.321 e. The van der Waals surface area contributed by atoms with Crippen LogP contribution >= 0.6 is 11.6 Å². The van der Waals surface area contributed by atoms with Crippen LogP contribution in [-0.4, -0.2) is 9.97 Å². The van der Waals surface area contributed by atoms with E-state index in [1.54, 1.807) is 36.7 Å². The molecular formula is C12H8ClN3O. The van der Waals surface area contributed by atoms with E-state index in [4.69, 9.17) is 21.6 Å². The summed E-state index contributed by atoms with van der Waals surface area (Å²) >= 11 is 6.00. The first-order valence-corrected chi connectivity index (χ1v) is 5.28. The lowest BCUT2D eigenvalue weighted by atomic mass is 10.1. The summed E-state index contributed by atoms with van der Waals surface area (Å²) in [5.41, 5.74) is 0.643. The van der Waals surface area contributed by atoms with Crippen LogP contribution in [0.2, 0.25) is 5.02 Å². The van der Waals surface area contributed by atoms with Gasteiger partial charge < -0.3 is 4.74 Å². The molecule has 0 amide bonds. The summed E-state index contributed by atoms with van der Waals surface area (Å²) < 4.78 is 5.49. The molecule has 0 spiro atoms. The van der Waals surface area contributed by atoms with Crippen molar-refractivity contribution in [2.75, 3.05) is 0 Å². The predicted octanol–water partition coefficient (Wildman–Crippen LogP) is 2.99. The summed E-state index contributed by atoms with van der Waals surface area (Å²) in [6, 6.07) is 9.17. The summed E-state index contributed by atoms with van der Waals surface area (Å²) in [4.78, 5) is 7.89. The van der Waals surface area contributed by atoms with Gasteiger partial charge in [0.1, 0.15) is 5.75 Å². The first-order valence-electron chi connectivity index (χ1n) is 4.90. The molecule has 5 heteroatoms. The van der Waals surface area contributed by atoms with Gasteiger partial charge in [-0.25, -0.2) is 9.97 Å². The second kappa shape index (κ2) is 5.28. The summed E-state index contributed by atoms with van der Waals surface area (Å²) in [7, 11) is 0. The average Bonchev–Trinajstić information content (AvgIpc) is 2.35. The van der Waals surface area contributed by atoms with Gasteiger partial charge in [-0.3, -0.25) is 0 Å². The third kappa shape index (κ3) is 2.71. The molecule has 0 fully saturated rings. The Morgan fingerprint density at radius 3 is 2.71 bits per heavy atom. The van der Waals surface area contributed by atoms with Crippen LogP contribution in [0.25, 0.3) is 0 Å². The summed E-state index contributed by atoms with van der Waals surface area (Å²) in [6.07, 6.45) is 3.34. The van der Waals surface area contributed by atoms with Crippen molar-refractivity contribution in [1.82, 2.24) is 9.97 Å². The molecule has 0 saturated heterocycles. The van der Waals surface area contributed by atoms with Crippen molar-refractivity contribution in [2.45, 2.75) is 6.42 Å². The van der Waals surface area contributed by atoms with E-state index in [2.05, 4.69) is 9.97 Å². The maximum Gasteiger partial charge on any atom is 0.321 e. The molecule has 0 unspecified atom stereocenters. The number of halogens is 1. The lowest BCUT2D eigenvalue weighted by Crippen LogP contribution is -1.95. The van der Waals surface area contributed by atoms with Crippen molar-refractivity contribution < 1.29 is 4.74 Å². The molecule has 0 bridgehead atoms. The molecule has 1 heterocycles. The fourth-order valence-electron chi connectivity index (χ4n) is 1.32. The van der Waals surface area contributed by atoms with E-state index in [-0.39, 0.29) is 12.4 Å². The fraction of sp³-hybridized carbons (Fsp3) is 0.0833. The molecule has 2 rings (SSSR count). The lowest BCUT2D eigenvalue weighted by molar-refractivity contribution is 0.438. The molecular weight excluding hydrogens is 238 g/mol. The number of hydrogen-bond donors (Lipinski definition) is 0. The second-order valence-electron chi connectivity index (χ2n) is 3.18. The Bertz CT molecular complexity index is 551. The Hall–Kier alpha value is -2.12. The molecule has 0 atom stereocenters. The number of ether oxygens (including phenoxy) is 1. The standard InChI is InChI=1S/C12H8ClN3O/c13-10-3-1-4-11(9(10)5-6-14)17-12-15-7-2-8-16-12/h1-4,7-8H,5H2. The molecule has 4 nitrogen and oxygen atoms in total. The van der Waals surface area contributed by atoms with E-state index >= 15 is 0 Å². The Balaban J connectivity index is 2.33. The Kier molecular flexibility index (Phi) is 3.53. The highest BCUT2D eigenvalue weighted by Gasteiger charge is 2.09. The third-order valence-corrected chi connectivity index (χ3v) is 2.43. The van der Waals surface area contributed by atoms with Crippen molar-refractivity contribution in [3.05, 3.63) is 47.2 Å². The van der Waals surface area contributed by atoms with E-state index in [9.17, 15) is 0 Å². The van der Waals surface area contributed by atoms with Gasteiger partial charge in [-0.1, -0.05) is 17.7 Å². The molecule has 0 aliphatic carbocycles. The zero-order chi connectivity index (χ0) is 12.1. The number of nitriles is 1. The number of nitrogens with zero attached hydrogens (tertiary/aromatic N) is 3. The van der Waals surface area contributed by atoms with Gasteiger partial charge in [0.25, 0.3) is 0 Å². The van der Waals surface area contributed by atoms with Gasteiger partial charge in [0.05, 0.1) is 12.5 Å². The van der Waals surface area contributed by atoms with Crippen molar-refractivity contribution in [3.63, 3.8) is 0 Å². The van der Waals surface area contributed by atoms with Crippen molar-refractivity contribution >= 4 is 11.6 Å². The minimum absolute atomic E-state index is 0.182. The molecule has 0 aliphatic rings. The highest BCUT2D eigenvalue weighted by Crippen LogP contribution is 2.29. The van der Waals surface area contributed by atoms with Crippen molar-refractivity contribution in [2.24, 2.45) is 0 Å². The van der Waals surface area contributed by atoms with Crippen molar-refractivity contribution in [3.8, 4) is 17.8 Å². The average molecular weight is 246 g/mol. The van der Waals surface area contributed by atoms with E-state index in [1.165, 1.54) is 0 Å². The van der Waals surface area contributed by atoms with E-state index in [1.807, 2.05) is 6.07 Å². The maximum atomic E-state index is 8.74. The molecule has 1 aromatic heterocycles. The SMILES string of the molecule is N#CCc1c(Cl)cccc1Oc1ncccn1. The molecule has 1 aromatic carbocycles. The van der Waals surface area contributed by atoms with Gasteiger partial charge in [0.2, 0.25) is 0 Å². The van der Waals surface area contributed by atoms with Crippen molar-refractivity contribution in [1.29, 1.82) is 5.26 Å². The second-order valence-corrected chi connectivity index (χ2v) is 3.59. The van der Waals surface area contributed by atoms with Crippen LogP contribution in [0, 0.1) is 11.3 Å². The lowest BCUT2D eigenvalue weighted by Gasteiger charge is -2.08. The van der Waals surface area contributed by atoms with Crippen LogP contribution < -0.4 is 4.74 Å². The van der Waals surface area contributed by atoms with Crippen LogP contribution in [0.1, 0.15) is 5.56 Å². The minimum atomic E-state index is 0.182. The highest BCUT2D eigenvalue weighted by molar-refractivity contribution is 6.31. The monoisotopic (exact) mass is 245 g/mol. The summed E-state index contributed by atoms with van der Waals surface area (Å²) in [5, 5.41) is 9.24. The largest absolute Gasteiger partial charge is 0.424 e. The Labute approximate surface area is 103 Å². The van der Waals surface area contributed by atoms with Gasteiger partial charge in [-0.15, -0.1) is 0 Å². The van der Waals surface area contributed by atoms with Gasteiger partial charge in [-0.05, 0) is 18.2 Å². The number of benzene rings is 1. The quantitative estimate of drug-likeness (QED) is 0.834. The zero-order valence-electron chi connectivity index (χ0n) is 8.80. The molecule has 0 saturated carbocycles. The molecule has 84 valence electrons. The van der Waals surface area contributed by atoms with E-state index in [0.29, 0.717) is 16.3 Å². The van der Waals surface area contributed by atoms with Gasteiger partial charge in [0.15, 0.2) is 0 Å². The van der Waals surface area contributed by atoms with E-state index in [0.717, 1.165) is 0 Å². The van der Waals surface area contributed by atoms with Gasteiger partial charge >= 0.3 is 6.01 Å². The minimum Gasteiger partial charge on any atom is -0.424 e. The maximum absolute atomic E-state index is 8.74. The third-order valence-electron chi connectivity index (χ3n) is 2.08.